The van der Waals surface area contributed by atoms with E-state index in [4.69, 9.17) is 0 Å². The standard InChI is InChI=1S/C17H24N4O/c1-12(2)21-17-14(10-19-21)9-15(11-18-17)20-16(22)8-7-13-5-3-4-6-13/h9-13H,3-8H2,1-2H3,(H,20,22). The fraction of sp³-hybridized carbons (Fsp3) is 0.588. The molecule has 0 saturated heterocycles. The summed E-state index contributed by atoms with van der Waals surface area (Å²) in [5, 5.41) is 8.26. The first-order valence-corrected chi connectivity index (χ1v) is 8.26. The molecule has 3 rings (SSSR count). The van der Waals surface area contributed by atoms with Crippen molar-refractivity contribution in [3.05, 3.63) is 18.5 Å². The van der Waals surface area contributed by atoms with Crippen LogP contribution in [0.3, 0.4) is 0 Å². The van der Waals surface area contributed by atoms with Gasteiger partial charge in [0.25, 0.3) is 0 Å². The van der Waals surface area contributed by atoms with Gasteiger partial charge in [-0.1, -0.05) is 25.7 Å². The lowest BCUT2D eigenvalue weighted by Crippen LogP contribution is -2.13. The largest absolute Gasteiger partial charge is 0.325 e. The van der Waals surface area contributed by atoms with Gasteiger partial charge in [0.05, 0.1) is 18.1 Å². The third-order valence-electron chi connectivity index (χ3n) is 4.46. The molecule has 2 aromatic heterocycles. The van der Waals surface area contributed by atoms with Gasteiger partial charge in [0.15, 0.2) is 5.65 Å². The molecule has 1 N–H and O–H groups in total. The van der Waals surface area contributed by atoms with E-state index in [0.29, 0.717) is 6.42 Å². The number of anilines is 1. The van der Waals surface area contributed by atoms with Gasteiger partial charge in [-0.05, 0) is 32.3 Å². The first-order valence-electron chi connectivity index (χ1n) is 8.26. The van der Waals surface area contributed by atoms with Crippen molar-refractivity contribution in [1.82, 2.24) is 14.8 Å². The van der Waals surface area contributed by atoms with Gasteiger partial charge in [-0.2, -0.15) is 5.10 Å². The topological polar surface area (TPSA) is 59.8 Å². The number of aromatic nitrogens is 3. The van der Waals surface area contributed by atoms with Gasteiger partial charge in [-0.3, -0.25) is 4.79 Å². The number of hydrogen-bond donors (Lipinski definition) is 1. The summed E-state index contributed by atoms with van der Waals surface area (Å²) < 4.78 is 1.89. The van der Waals surface area contributed by atoms with E-state index in [2.05, 4.69) is 29.2 Å². The summed E-state index contributed by atoms with van der Waals surface area (Å²) in [7, 11) is 0. The number of rotatable bonds is 5. The van der Waals surface area contributed by atoms with E-state index in [-0.39, 0.29) is 11.9 Å². The first-order chi connectivity index (χ1) is 10.6. The Labute approximate surface area is 131 Å². The molecule has 5 nitrogen and oxygen atoms in total. The van der Waals surface area contributed by atoms with E-state index in [1.165, 1.54) is 25.7 Å². The predicted octanol–water partition coefficient (Wildman–Crippen LogP) is 3.92. The molecule has 118 valence electrons. The normalized spacial score (nSPS) is 15.8. The van der Waals surface area contributed by atoms with E-state index in [0.717, 1.165) is 29.1 Å². The first kappa shape index (κ1) is 15.0. The van der Waals surface area contributed by atoms with Crippen molar-refractivity contribution in [1.29, 1.82) is 0 Å². The molecule has 22 heavy (non-hydrogen) atoms. The van der Waals surface area contributed by atoms with Crippen LogP contribution in [-0.2, 0) is 4.79 Å². The van der Waals surface area contributed by atoms with Crippen LogP contribution in [0.5, 0.6) is 0 Å². The van der Waals surface area contributed by atoms with Gasteiger partial charge in [-0.15, -0.1) is 0 Å². The Kier molecular flexibility index (Phi) is 4.41. The van der Waals surface area contributed by atoms with E-state index >= 15 is 0 Å². The van der Waals surface area contributed by atoms with Crippen LogP contribution in [0.15, 0.2) is 18.5 Å². The number of nitrogens with zero attached hydrogens (tertiary/aromatic N) is 3. The van der Waals surface area contributed by atoms with Crippen molar-refractivity contribution in [2.24, 2.45) is 5.92 Å². The van der Waals surface area contributed by atoms with E-state index in [9.17, 15) is 4.79 Å². The molecule has 1 aliphatic rings. The zero-order valence-electron chi connectivity index (χ0n) is 13.4. The number of pyridine rings is 1. The smallest absolute Gasteiger partial charge is 0.224 e. The number of carbonyl (C=O) groups excluding carboxylic acids is 1. The summed E-state index contributed by atoms with van der Waals surface area (Å²) in [5.41, 5.74) is 1.62. The van der Waals surface area contributed by atoms with Crippen molar-refractivity contribution in [2.45, 2.75) is 58.4 Å². The van der Waals surface area contributed by atoms with Crippen LogP contribution in [0.4, 0.5) is 5.69 Å². The maximum atomic E-state index is 12.1. The summed E-state index contributed by atoms with van der Waals surface area (Å²) in [5.74, 6) is 0.833. The van der Waals surface area contributed by atoms with Crippen molar-refractivity contribution in [2.75, 3.05) is 5.32 Å². The lowest BCUT2D eigenvalue weighted by molar-refractivity contribution is -0.116. The third-order valence-corrected chi connectivity index (χ3v) is 4.46. The number of nitrogens with one attached hydrogen (secondary N) is 1. The van der Waals surface area contributed by atoms with Crippen LogP contribution in [-0.4, -0.2) is 20.7 Å². The molecular formula is C17H24N4O. The van der Waals surface area contributed by atoms with Gasteiger partial charge < -0.3 is 5.32 Å². The van der Waals surface area contributed by atoms with Gasteiger partial charge >= 0.3 is 0 Å². The van der Waals surface area contributed by atoms with Gasteiger partial charge in [0, 0.05) is 17.8 Å². The minimum absolute atomic E-state index is 0.0873. The molecule has 1 saturated carbocycles. The number of fused-ring (bicyclic) bond motifs is 1. The number of amides is 1. The molecule has 0 spiro atoms. The highest BCUT2D eigenvalue weighted by Crippen LogP contribution is 2.28. The SMILES string of the molecule is CC(C)n1ncc2cc(NC(=O)CCC3CCCC3)cnc21. The highest BCUT2D eigenvalue weighted by Gasteiger charge is 2.16. The number of carbonyl (C=O) groups is 1. The average molecular weight is 300 g/mol. The zero-order valence-corrected chi connectivity index (χ0v) is 13.4. The lowest BCUT2D eigenvalue weighted by Gasteiger charge is -2.09. The molecule has 5 heteroatoms. The molecule has 0 aromatic carbocycles. The van der Waals surface area contributed by atoms with Crippen molar-refractivity contribution in [3.63, 3.8) is 0 Å². The highest BCUT2D eigenvalue weighted by molar-refractivity contribution is 5.92. The minimum atomic E-state index is 0.0873. The summed E-state index contributed by atoms with van der Waals surface area (Å²) in [4.78, 5) is 16.5. The Hall–Kier alpha value is -1.91. The second kappa shape index (κ2) is 6.46. The van der Waals surface area contributed by atoms with Crippen LogP contribution in [0.25, 0.3) is 11.0 Å². The number of hydrogen-bond acceptors (Lipinski definition) is 3. The maximum Gasteiger partial charge on any atom is 0.224 e. The van der Waals surface area contributed by atoms with Crippen molar-refractivity contribution >= 4 is 22.6 Å². The summed E-state index contributed by atoms with van der Waals surface area (Å²) in [6.45, 7) is 4.15. The molecule has 0 radical (unpaired) electrons. The summed E-state index contributed by atoms with van der Waals surface area (Å²) in [6.07, 6.45) is 10.4. The minimum Gasteiger partial charge on any atom is -0.325 e. The maximum absolute atomic E-state index is 12.1. The monoisotopic (exact) mass is 300 g/mol. The van der Waals surface area contributed by atoms with Crippen molar-refractivity contribution in [3.8, 4) is 0 Å². The molecule has 0 bridgehead atoms. The Morgan fingerprint density at radius 2 is 2.14 bits per heavy atom. The Morgan fingerprint density at radius 1 is 1.36 bits per heavy atom. The fourth-order valence-electron chi connectivity index (χ4n) is 3.24. The highest BCUT2D eigenvalue weighted by atomic mass is 16.1. The molecule has 1 amide bonds. The molecule has 1 aliphatic carbocycles. The molecule has 0 unspecified atom stereocenters. The lowest BCUT2D eigenvalue weighted by atomic mass is 10.0. The quantitative estimate of drug-likeness (QED) is 0.910. The predicted molar refractivity (Wildman–Crippen MR) is 87.7 cm³/mol. The summed E-state index contributed by atoms with van der Waals surface area (Å²) >= 11 is 0. The van der Waals surface area contributed by atoms with Gasteiger partial charge in [0.1, 0.15) is 0 Å². The van der Waals surface area contributed by atoms with Crippen LogP contribution >= 0.6 is 0 Å². The molecule has 2 heterocycles. The van der Waals surface area contributed by atoms with Gasteiger partial charge in [0.2, 0.25) is 5.91 Å². The molecule has 2 aromatic rings. The van der Waals surface area contributed by atoms with Crippen molar-refractivity contribution < 1.29 is 4.79 Å². The Balaban J connectivity index is 1.62. The molecule has 0 aliphatic heterocycles. The Bertz CT molecular complexity index is 656. The van der Waals surface area contributed by atoms with Crippen LogP contribution in [0.2, 0.25) is 0 Å². The van der Waals surface area contributed by atoms with E-state index in [1.54, 1.807) is 12.4 Å². The van der Waals surface area contributed by atoms with Crippen LogP contribution in [0, 0.1) is 5.92 Å². The van der Waals surface area contributed by atoms with E-state index in [1.807, 2.05) is 10.7 Å². The second-order valence-corrected chi connectivity index (χ2v) is 6.56. The van der Waals surface area contributed by atoms with Crippen LogP contribution < -0.4 is 5.32 Å². The second-order valence-electron chi connectivity index (χ2n) is 6.56. The fourth-order valence-corrected chi connectivity index (χ4v) is 3.24. The van der Waals surface area contributed by atoms with E-state index < -0.39 is 0 Å². The molecule has 1 fully saturated rings. The Morgan fingerprint density at radius 3 is 2.86 bits per heavy atom. The van der Waals surface area contributed by atoms with Crippen LogP contribution in [0.1, 0.15) is 58.4 Å². The summed E-state index contributed by atoms with van der Waals surface area (Å²) in [6, 6.07) is 2.22. The third kappa shape index (κ3) is 3.29. The van der Waals surface area contributed by atoms with Gasteiger partial charge in [-0.25, -0.2) is 9.67 Å². The zero-order chi connectivity index (χ0) is 15.5. The molecule has 0 atom stereocenters. The molecular weight excluding hydrogens is 276 g/mol. The average Bonchev–Trinajstić information content (AvgIpc) is 3.14.